The summed E-state index contributed by atoms with van der Waals surface area (Å²) in [5, 5.41) is 9.38. The van der Waals surface area contributed by atoms with Gasteiger partial charge in [0.1, 0.15) is 0 Å². The van der Waals surface area contributed by atoms with Crippen molar-refractivity contribution < 1.29 is 14.6 Å². The van der Waals surface area contributed by atoms with Gasteiger partial charge in [0.05, 0.1) is 13.2 Å². The number of hydrogen-bond acceptors (Lipinski definition) is 3. The largest absolute Gasteiger partial charge is 0.379 e. The highest BCUT2D eigenvalue weighted by Crippen LogP contribution is 2.31. The Kier molecular flexibility index (Phi) is 4.28. The number of hydrogen-bond donors (Lipinski definition) is 1. The van der Waals surface area contributed by atoms with Gasteiger partial charge in [-0.1, -0.05) is 34.8 Å². The molecular formula is C7H10Cl3NO3. The first-order valence-corrected chi connectivity index (χ1v) is 5.17. The molecule has 14 heavy (non-hydrogen) atoms. The quantitative estimate of drug-likeness (QED) is 0.703. The molecule has 1 amide bonds. The van der Waals surface area contributed by atoms with Crippen molar-refractivity contribution >= 4 is 40.7 Å². The van der Waals surface area contributed by atoms with Crippen molar-refractivity contribution in [2.45, 2.75) is 9.90 Å². The lowest BCUT2D eigenvalue weighted by molar-refractivity contribution is -0.144. The lowest BCUT2D eigenvalue weighted by atomic mass is 10.3. The molecular weight excluding hydrogens is 252 g/mol. The van der Waals surface area contributed by atoms with Crippen LogP contribution >= 0.6 is 34.8 Å². The molecule has 0 saturated carbocycles. The van der Waals surface area contributed by atoms with Crippen LogP contribution in [0.3, 0.4) is 0 Å². The van der Waals surface area contributed by atoms with Gasteiger partial charge in [-0.3, -0.25) is 4.79 Å². The lowest BCUT2D eigenvalue weighted by Crippen LogP contribution is -2.49. The molecule has 1 atom stereocenters. The van der Waals surface area contributed by atoms with E-state index in [0.717, 1.165) is 0 Å². The molecule has 0 spiro atoms. The van der Waals surface area contributed by atoms with E-state index in [9.17, 15) is 9.90 Å². The third-order valence-corrected chi connectivity index (χ3v) is 2.49. The maximum Gasteiger partial charge on any atom is 0.256 e. The molecule has 1 unspecified atom stereocenters. The van der Waals surface area contributed by atoms with Crippen molar-refractivity contribution in [1.82, 2.24) is 4.90 Å². The Morgan fingerprint density at radius 1 is 1.36 bits per heavy atom. The fraction of sp³-hybridized carbons (Fsp3) is 0.857. The van der Waals surface area contributed by atoms with Crippen molar-refractivity contribution in [1.29, 1.82) is 0 Å². The zero-order chi connectivity index (χ0) is 10.8. The van der Waals surface area contributed by atoms with Crippen LogP contribution in [0.2, 0.25) is 0 Å². The van der Waals surface area contributed by atoms with Crippen molar-refractivity contribution in [2.24, 2.45) is 0 Å². The molecule has 1 N–H and O–H groups in total. The summed E-state index contributed by atoms with van der Waals surface area (Å²) in [5.41, 5.74) is 0. The Morgan fingerprint density at radius 2 is 1.86 bits per heavy atom. The Balaban J connectivity index is 2.55. The third-order valence-electron chi connectivity index (χ3n) is 1.87. The molecule has 4 nitrogen and oxygen atoms in total. The number of nitrogens with zero attached hydrogens (tertiary/aromatic N) is 1. The number of morpholine rings is 1. The summed E-state index contributed by atoms with van der Waals surface area (Å²) in [6, 6.07) is 0. The molecule has 0 radical (unpaired) electrons. The molecule has 1 rings (SSSR count). The lowest BCUT2D eigenvalue weighted by Gasteiger charge is -2.30. The first kappa shape index (κ1) is 12.3. The van der Waals surface area contributed by atoms with Crippen LogP contribution in [0.25, 0.3) is 0 Å². The van der Waals surface area contributed by atoms with E-state index in [2.05, 4.69) is 0 Å². The van der Waals surface area contributed by atoms with E-state index in [1.54, 1.807) is 0 Å². The van der Waals surface area contributed by atoms with Gasteiger partial charge in [-0.25, -0.2) is 0 Å². The van der Waals surface area contributed by atoms with Crippen LogP contribution < -0.4 is 0 Å². The van der Waals surface area contributed by atoms with E-state index in [1.165, 1.54) is 4.90 Å². The Morgan fingerprint density at radius 3 is 2.29 bits per heavy atom. The van der Waals surface area contributed by atoms with Crippen LogP contribution in [0.1, 0.15) is 0 Å². The molecule has 0 bridgehead atoms. The summed E-state index contributed by atoms with van der Waals surface area (Å²) in [4.78, 5) is 12.9. The fourth-order valence-corrected chi connectivity index (χ4v) is 1.38. The monoisotopic (exact) mass is 261 g/mol. The number of aliphatic hydroxyl groups is 1. The number of alkyl halides is 3. The standard InChI is InChI=1S/C7H10Cl3NO3/c8-7(9,10)5(12)6(13)11-1-3-14-4-2-11/h5,12H,1-4H2. The van der Waals surface area contributed by atoms with Gasteiger partial charge in [-0.05, 0) is 0 Å². The van der Waals surface area contributed by atoms with Gasteiger partial charge in [-0.2, -0.15) is 0 Å². The van der Waals surface area contributed by atoms with Gasteiger partial charge in [0, 0.05) is 13.1 Å². The smallest absolute Gasteiger partial charge is 0.256 e. The van der Waals surface area contributed by atoms with Crippen molar-refractivity contribution in [3.63, 3.8) is 0 Å². The van der Waals surface area contributed by atoms with Gasteiger partial charge in [0.15, 0.2) is 6.10 Å². The number of ether oxygens (including phenoxy) is 1. The first-order chi connectivity index (χ1) is 6.43. The van der Waals surface area contributed by atoms with Gasteiger partial charge in [0.2, 0.25) is 3.79 Å². The molecule has 7 heteroatoms. The average molecular weight is 263 g/mol. The third kappa shape index (κ3) is 3.14. The van der Waals surface area contributed by atoms with E-state index >= 15 is 0 Å². The van der Waals surface area contributed by atoms with Gasteiger partial charge in [-0.15, -0.1) is 0 Å². The summed E-state index contributed by atoms with van der Waals surface area (Å²) in [7, 11) is 0. The molecule has 82 valence electrons. The number of rotatable bonds is 1. The van der Waals surface area contributed by atoms with Crippen molar-refractivity contribution in [2.75, 3.05) is 26.3 Å². The summed E-state index contributed by atoms with van der Waals surface area (Å²) in [6.07, 6.45) is -1.62. The maximum atomic E-state index is 11.5. The number of carbonyl (C=O) groups is 1. The van der Waals surface area contributed by atoms with Gasteiger partial charge >= 0.3 is 0 Å². The van der Waals surface area contributed by atoms with Crippen LogP contribution in [0, 0.1) is 0 Å². The number of aliphatic hydroxyl groups excluding tert-OH is 1. The van der Waals surface area contributed by atoms with E-state index in [1.807, 2.05) is 0 Å². The Labute approximate surface area is 96.7 Å². The number of carbonyl (C=O) groups excluding carboxylic acids is 1. The van der Waals surface area contributed by atoms with Crippen LogP contribution in [0.5, 0.6) is 0 Å². The Hall–Kier alpha value is 0.260. The molecule has 1 saturated heterocycles. The highest BCUT2D eigenvalue weighted by atomic mass is 35.6. The predicted molar refractivity (Wildman–Crippen MR) is 53.7 cm³/mol. The minimum Gasteiger partial charge on any atom is -0.379 e. The Bertz CT molecular complexity index is 213. The molecule has 1 heterocycles. The van der Waals surface area contributed by atoms with Crippen molar-refractivity contribution in [3.05, 3.63) is 0 Å². The second-order valence-corrected chi connectivity index (χ2v) is 5.25. The van der Waals surface area contributed by atoms with Crippen LogP contribution in [-0.4, -0.2) is 52.1 Å². The topological polar surface area (TPSA) is 49.8 Å². The molecule has 1 aliphatic rings. The predicted octanol–water partition coefficient (Wildman–Crippen LogP) is 0.576. The summed E-state index contributed by atoms with van der Waals surface area (Å²) in [5.74, 6) is -0.576. The zero-order valence-corrected chi connectivity index (χ0v) is 9.52. The van der Waals surface area contributed by atoms with Crippen LogP contribution in [0.4, 0.5) is 0 Å². The average Bonchev–Trinajstić information content (AvgIpc) is 2.15. The second kappa shape index (κ2) is 4.86. The molecule has 0 aromatic carbocycles. The molecule has 1 fully saturated rings. The highest BCUT2D eigenvalue weighted by Gasteiger charge is 2.39. The minimum absolute atomic E-state index is 0.413. The van der Waals surface area contributed by atoms with Gasteiger partial charge < -0.3 is 14.7 Å². The number of amides is 1. The number of halogens is 3. The molecule has 0 aromatic heterocycles. The fourth-order valence-electron chi connectivity index (χ4n) is 1.10. The normalized spacial score (nSPS) is 20.7. The maximum absolute atomic E-state index is 11.5. The zero-order valence-electron chi connectivity index (χ0n) is 7.25. The second-order valence-electron chi connectivity index (χ2n) is 2.88. The van der Waals surface area contributed by atoms with Crippen LogP contribution in [-0.2, 0) is 9.53 Å². The molecule has 1 aliphatic heterocycles. The summed E-state index contributed by atoms with van der Waals surface area (Å²) >= 11 is 16.2. The van der Waals surface area contributed by atoms with E-state index in [4.69, 9.17) is 39.5 Å². The highest BCUT2D eigenvalue weighted by molar-refractivity contribution is 6.68. The molecule has 0 aromatic rings. The first-order valence-electron chi connectivity index (χ1n) is 4.04. The van der Waals surface area contributed by atoms with E-state index in [-0.39, 0.29) is 0 Å². The molecule has 0 aliphatic carbocycles. The van der Waals surface area contributed by atoms with Gasteiger partial charge in [0.25, 0.3) is 5.91 Å². The minimum atomic E-state index is -1.98. The SMILES string of the molecule is O=C(C(O)C(Cl)(Cl)Cl)N1CCOCC1. The van der Waals surface area contributed by atoms with E-state index < -0.39 is 15.8 Å². The van der Waals surface area contributed by atoms with E-state index in [0.29, 0.717) is 26.3 Å². The summed E-state index contributed by atoms with van der Waals surface area (Å²) in [6.45, 7) is 1.71. The summed E-state index contributed by atoms with van der Waals surface area (Å²) < 4.78 is 3.06. The van der Waals surface area contributed by atoms with Crippen LogP contribution in [0.15, 0.2) is 0 Å². The van der Waals surface area contributed by atoms with Crippen molar-refractivity contribution in [3.8, 4) is 0 Å².